The molecule has 0 spiro atoms. The van der Waals surface area contributed by atoms with Gasteiger partial charge in [-0.05, 0) is 42.5 Å². The van der Waals surface area contributed by atoms with Crippen molar-refractivity contribution >= 4 is 17.8 Å². The molecule has 0 unspecified atom stereocenters. The van der Waals surface area contributed by atoms with E-state index in [2.05, 4.69) is 10.5 Å². The van der Waals surface area contributed by atoms with E-state index in [9.17, 15) is 0 Å². The van der Waals surface area contributed by atoms with Crippen molar-refractivity contribution in [3.63, 3.8) is 0 Å². The third-order valence-electron chi connectivity index (χ3n) is 3.50. The van der Waals surface area contributed by atoms with E-state index in [4.69, 9.17) is 20.8 Å². The summed E-state index contributed by atoms with van der Waals surface area (Å²) in [5.74, 6) is 2.29. The first-order chi connectivity index (χ1) is 11.8. The maximum Gasteiger partial charge on any atom is 0.147 e. The number of nitrogens with zero attached hydrogens (tertiary/aromatic N) is 1. The minimum absolute atomic E-state index is 0.575. The lowest BCUT2D eigenvalue weighted by atomic mass is 10.2. The van der Waals surface area contributed by atoms with Crippen LogP contribution in [0.5, 0.6) is 5.75 Å². The predicted molar refractivity (Wildman–Crippen MR) is 96.6 cm³/mol. The van der Waals surface area contributed by atoms with E-state index in [1.807, 2.05) is 60.7 Å². The minimum Gasteiger partial charge on any atom is -0.496 e. The average molecular weight is 341 g/mol. The normalized spacial score (nSPS) is 10.9. The van der Waals surface area contributed by atoms with Crippen LogP contribution in [0, 0.1) is 0 Å². The van der Waals surface area contributed by atoms with Gasteiger partial charge in [0.25, 0.3) is 0 Å². The summed E-state index contributed by atoms with van der Waals surface area (Å²) >= 11 is 5.89. The van der Waals surface area contributed by atoms with Crippen molar-refractivity contribution < 1.29 is 9.15 Å². The standard InChI is InChI=1S/C19H17ClN2O2/c1-23-18-5-3-2-4-15(18)12-21-22-13-17-10-11-19(24-17)14-6-8-16(20)9-7-14/h2-11,13,21H,12H2,1H3/b22-13-. The molecule has 1 aromatic heterocycles. The number of para-hydroxylation sites is 1. The van der Waals surface area contributed by atoms with Crippen LogP contribution < -0.4 is 10.2 Å². The Morgan fingerprint density at radius 2 is 1.88 bits per heavy atom. The van der Waals surface area contributed by atoms with Crippen molar-refractivity contribution in [2.75, 3.05) is 7.11 Å². The lowest BCUT2D eigenvalue weighted by molar-refractivity contribution is 0.408. The summed E-state index contributed by atoms with van der Waals surface area (Å²) < 4.78 is 11.1. The van der Waals surface area contributed by atoms with E-state index in [-0.39, 0.29) is 0 Å². The summed E-state index contributed by atoms with van der Waals surface area (Å²) in [5.41, 5.74) is 5.01. The number of ether oxygens (including phenoxy) is 1. The molecule has 24 heavy (non-hydrogen) atoms. The molecule has 4 nitrogen and oxygen atoms in total. The van der Waals surface area contributed by atoms with Crippen LogP contribution in [0.2, 0.25) is 5.02 Å². The number of halogens is 1. The topological polar surface area (TPSA) is 46.8 Å². The monoisotopic (exact) mass is 340 g/mol. The van der Waals surface area contributed by atoms with Crippen molar-refractivity contribution in [1.82, 2.24) is 5.43 Å². The molecule has 0 radical (unpaired) electrons. The molecule has 1 heterocycles. The second-order valence-electron chi connectivity index (χ2n) is 5.11. The summed E-state index contributed by atoms with van der Waals surface area (Å²) in [5, 5.41) is 4.89. The highest BCUT2D eigenvalue weighted by Crippen LogP contribution is 2.23. The van der Waals surface area contributed by atoms with Gasteiger partial charge < -0.3 is 14.6 Å². The van der Waals surface area contributed by atoms with Crippen molar-refractivity contribution in [1.29, 1.82) is 0 Å². The van der Waals surface area contributed by atoms with Crippen molar-refractivity contribution in [2.45, 2.75) is 6.54 Å². The SMILES string of the molecule is COc1ccccc1CN/N=C\c1ccc(-c2ccc(Cl)cc2)o1. The predicted octanol–water partition coefficient (Wildman–Crippen LogP) is 4.73. The zero-order chi connectivity index (χ0) is 16.8. The summed E-state index contributed by atoms with van der Waals surface area (Å²) in [4.78, 5) is 0. The second kappa shape index (κ2) is 7.70. The van der Waals surface area contributed by atoms with E-state index in [1.54, 1.807) is 13.3 Å². The zero-order valence-electron chi connectivity index (χ0n) is 13.2. The molecule has 5 heteroatoms. The van der Waals surface area contributed by atoms with Crippen LogP contribution in [0.1, 0.15) is 11.3 Å². The molecule has 0 fully saturated rings. The van der Waals surface area contributed by atoms with Gasteiger partial charge in [0.2, 0.25) is 0 Å². The Hall–Kier alpha value is -2.72. The lowest BCUT2D eigenvalue weighted by Crippen LogP contribution is -2.06. The number of hydrazone groups is 1. The Bertz CT molecular complexity index is 825. The number of nitrogens with one attached hydrogen (secondary N) is 1. The van der Waals surface area contributed by atoms with Gasteiger partial charge in [-0.2, -0.15) is 5.10 Å². The molecular formula is C19H17ClN2O2. The maximum absolute atomic E-state index is 5.89. The van der Waals surface area contributed by atoms with Gasteiger partial charge in [-0.1, -0.05) is 29.8 Å². The number of rotatable bonds is 6. The smallest absolute Gasteiger partial charge is 0.147 e. The molecule has 0 aliphatic heterocycles. The zero-order valence-corrected chi connectivity index (χ0v) is 14.0. The van der Waals surface area contributed by atoms with Crippen LogP contribution in [0.4, 0.5) is 0 Å². The molecule has 2 aromatic carbocycles. The van der Waals surface area contributed by atoms with Crippen molar-refractivity contribution in [2.24, 2.45) is 5.10 Å². The maximum atomic E-state index is 5.89. The van der Waals surface area contributed by atoms with E-state index in [1.165, 1.54) is 0 Å². The number of furan rings is 1. The molecule has 122 valence electrons. The largest absolute Gasteiger partial charge is 0.496 e. The van der Waals surface area contributed by atoms with Crippen LogP contribution in [-0.4, -0.2) is 13.3 Å². The van der Waals surface area contributed by atoms with E-state index in [0.717, 1.165) is 22.6 Å². The van der Waals surface area contributed by atoms with Gasteiger partial charge in [-0.25, -0.2) is 0 Å². The molecule has 0 aliphatic carbocycles. The highest BCUT2D eigenvalue weighted by Gasteiger charge is 2.03. The van der Waals surface area contributed by atoms with E-state index in [0.29, 0.717) is 17.3 Å². The summed E-state index contributed by atoms with van der Waals surface area (Å²) in [6.07, 6.45) is 1.65. The van der Waals surface area contributed by atoms with Gasteiger partial charge in [-0.15, -0.1) is 0 Å². The fourth-order valence-corrected chi connectivity index (χ4v) is 2.41. The molecular weight excluding hydrogens is 324 g/mol. The first-order valence-electron chi connectivity index (χ1n) is 7.50. The third kappa shape index (κ3) is 3.97. The Morgan fingerprint density at radius 3 is 2.67 bits per heavy atom. The summed E-state index contributed by atoms with van der Waals surface area (Å²) in [6, 6.07) is 19.1. The molecule has 0 bridgehead atoms. The fraction of sp³-hybridized carbons (Fsp3) is 0.105. The quantitative estimate of drug-likeness (QED) is 0.521. The van der Waals surface area contributed by atoms with Crippen molar-refractivity contribution in [3.05, 3.63) is 77.0 Å². The number of methoxy groups -OCH3 is 1. The highest BCUT2D eigenvalue weighted by molar-refractivity contribution is 6.30. The highest BCUT2D eigenvalue weighted by atomic mass is 35.5. The number of benzene rings is 2. The Morgan fingerprint density at radius 1 is 1.08 bits per heavy atom. The molecule has 0 atom stereocenters. The van der Waals surface area contributed by atoms with E-state index < -0.39 is 0 Å². The van der Waals surface area contributed by atoms with Gasteiger partial charge in [0.1, 0.15) is 17.3 Å². The number of hydrogen-bond donors (Lipinski definition) is 1. The number of hydrogen-bond acceptors (Lipinski definition) is 4. The lowest BCUT2D eigenvalue weighted by Gasteiger charge is -2.06. The summed E-state index contributed by atoms with van der Waals surface area (Å²) in [6.45, 7) is 0.575. The van der Waals surface area contributed by atoms with Gasteiger partial charge in [0.15, 0.2) is 0 Å². The third-order valence-corrected chi connectivity index (χ3v) is 3.75. The van der Waals surface area contributed by atoms with Crippen LogP contribution in [0.15, 0.2) is 70.2 Å². The van der Waals surface area contributed by atoms with Crippen LogP contribution >= 0.6 is 11.6 Å². The van der Waals surface area contributed by atoms with Crippen molar-refractivity contribution in [3.8, 4) is 17.1 Å². The first kappa shape index (κ1) is 16.1. The molecule has 3 rings (SSSR count). The summed E-state index contributed by atoms with van der Waals surface area (Å²) in [7, 11) is 1.66. The van der Waals surface area contributed by atoms with E-state index >= 15 is 0 Å². The first-order valence-corrected chi connectivity index (χ1v) is 7.87. The van der Waals surface area contributed by atoms with Crippen LogP contribution in [0.25, 0.3) is 11.3 Å². The van der Waals surface area contributed by atoms with Gasteiger partial charge in [-0.3, -0.25) is 0 Å². The Kier molecular flexibility index (Phi) is 5.18. The van der Waals surface area contributed by atoms with Crippen LogP contribution in [0.3, 0.4) is 0 Å². The molecule has 0 saturated heterocycles. The second-order valence-corrected chi connectivity index (χ2v) is 5.55. The Labute approximate surface area is 145 Å². The molecule has 0 amide bonds. The molecule has 0 saturated carbocycles. The minimum atomic E-state index is 0.575. The molecule has 1 N–H and O–H groups in total. The Balaban J connectivity index is 1.60. The molecule has 0 aliphatic rings. The van der Waals surface area contributed by atoms with Gasteiger partial charge in [0.05, 0.1) is 19.9 Å². The molecule has 3 aromatic rings. The fourth-order valence-electron chi connectivity index (χ4n) is 2.28. The average Bonchev–Trinajstić information content (AvgIpc) is 3.08. The van der Waals surface area contributed by atoms with Gasteiger partial charge in [0, 0.05) is 16.1 Å². The van der Waals surface area contributed by atoms with Gasteiger partial charge >= 0.3 is 0 Å². The van der Waals surface area contributed by atoms with Crippen LogP contribution in [-0.2, 0) is 6.54 Å².